The van der Waals surface area contributed by atoms with Crippen LogP contribution in [0.25, 0.3) is 0 Å². The molecular formula is C14H11N3. The van der Waals surface area contributed by atoms with Gasteiger partial charge in [-0.1, -0.05) is 17.7 Å². The highest BCUT2D eigenvalue weighted by Gasteiger charge is 1.92. The van der Waals surface area contributed by atoms with Crippen LogP contribution >= 0.6 is 0 Å². The van der Waals surface area contributed by atoms with E-state index in [1.165, 1.54) is 5.56 Å². The van der Waals surface area contributed by atoms with Gasteiger partial charge in [-0.05, 0) is 43.3 Å². The highest BCUT2D eigenvalue weighted by Crippen LogP contribution is 2.18. The van der Waals surface area contributed by atoms with Gasteiger partial charge in [-0.25, -0.2) is 0 Å². The maximum absolute atomic E-state index is 8.66. The van der Waals surface area contributed by atoms with Crippen molar-refractivity contribution in [2.45, 2.75) is 6.92 Å². The first-order valence-electron chi connectivity index (χ1n) is 5.26. The average molecular weight is 221 g/mol. The molecule has 0 heterocycles. The van der Waals surface area contributed by atoms with Gasteiger partial charge in [0.2, 0.25) is 0 Å². The second-order valence-corrected chi connectivity index (χ2v) is 3.69. The Hall–Kier alpha value is -2.47. The van der Waals surface area contributed by atoms with Gasteiger partial charge in [0.15, 0.2) is 0 Å². The van der Waals surface area contributed by atoms with Crippen LogP contribution in [0.1, 0.15) is 11.1 Å². The zero-order valence-corrected chi connectivity index (χ0v) is 9.46. The lowest BCUT2D eigenvalue weighted by atomic mass is 10.2. The summed E-state index contributed by atoms with van der Waals surface area (Å²) in [5.74, 6) is 0. The fraction of sp³-hybridized carbons (Fsp3) is 0.0714. The number of hydrogen-bond donors (Lipinski definition) is 0. The van der Waals surface area contributed by atoms with E-state index in [2.05, 4.69) is 16.3 Å². The summed E-state index contributed by atoms with van der Waals surface area (Å²) >= 11 is 0. The molecule has 0 spiro atoms. The van der Waals surface area contributed by atoms with Gasteiger partial charge < -0.3 is 0 Å². The number of azo groups is 1. The molecule has 82 valence electrons. The van der Waals surface area contributed by atoms with Gasteiger partial charge in [-0.15, -0.1) is 0 Å². The smallest absolute Gasteiger partial charge is 0.0991 e. The van der Waals surface area contributed by atoms with Gasteiger partial charge >= 0.3 is 0 Å². The molecule has 0 atom stereocenters. The van der Waals surface area contributed by atoms with Crippen molar-refractivity contribution in [3.05, 3.63) is 59.7 Å². The van der Waals surface area contributed by atoms with Gasteiger partial charge in [0.1, 0.15) is 0 Å². The van der Waals surface area contributed by atoms with Crippen molar-refractivity contribution in [2.24, 2.45) is 10.2 Å². The van der Waals surface area contributed by atoms with Gasteiger partial charge in [0.05, 0.1) is 23.0 Å². The predicted molar refractivity (Wildman–Crippen MR) is 66.5 cm³/mol. The van der Waals surface area contributed by atoms with E-state index < -0.39 is 0 Å². The van der Waals surface area contributed by atoms with Crippen molar-refractivity contribution in [1.29, 1.82) is 5.26 Å². The maximum Gasteiger partial charge on any atom is 0.0991 e. The fourth-order valence-corrected chi connectivity index (χ4v) is 1.33. The first kappa shape index (κ1) is 11.0. The molecular weight excluding hydrogens is 210 g/mol. The van der Waals surface area contributed by atoms with E-state index in [0.717, 1.165) is 11.4 Å². The van der Waals surface area contributed by atoms with Crippen LogP contribution in [0, 0.1) is 18.3 Å². The van der Waals surface area contributed by atoms with Gasteiger partial charge in [-0.2, -0.15) is 15.5 Å². The summed E-state index contributed by atoms with van der Waals surface area (Å²) in [6.07, 6.45) is 0. The fourth-order valence-electron chi connectivity index (χ4n) is 1.33. The lowest BCUT2D eigenvalue weighted by Gasteiger charge is -1.94. The zero-order valence-electron chi connectivity index (χ0n) is 9.46. The zero-order chi connectivity index (χ0) is 12.1. The number of benzene rings is 2. The van der Waals surface area contributed by atoms with E-state index in [4.69, 9.17) is 5.26 Å². The maximum atomic E-state index is 8.66. The molecule has 0 saturated carbocycles. The summed E-state index contributed by atoms with van der Waals surface area (Å²) in [7, 11) is 0. The molecule has 0 saturated heterocycles. The molecule has 0 aromatic heterocycles. The summed E-state index contributed by atoms with van der Waals surface area (Å²) in [4.78, 5) is 0. The third-order valence-corrected chi connectivity index (χ3v) is 2.31. The van der Waals surface area contributed by atoms with Gasteiger partial charge in [-0.3, -0.25) is 0 Å². The van der Waals surface area contributed by atoms with Crippen LogP contribution in [0.2, 0.25) is 0 Å². The van der Waals surface area contributed by atoms with Gasteiger partial charge in [0, 0.05) is 0 Å². The molecule has 0 fully saturated rings. The van der Waals surface area contributed by atoms with Crippen LogP contribution < -0.4 is 0 Å². The Bertz CT molecular complexity index is 560. The Morgan fingerprint density at radius 1 is 0.824 bits per heavy atom. The van der Waals surface area contributed by atoms with Crippen molar-refractivity contribution >= 4 is 11.4 Å². The summed E-state index contributed by atoms with van der Waals surface area (Å²) in [5, 5.41) is 16.9. The highest BCUT2D eigenvalue weighted by molar-refractivity contribution is 5.44. The molecule has 3 nitrogen and oxygen atoms in total. The minimum absolute atomic E-state index is 0.624. The van der Waals surface area contributed by atoms with E-state index in [1.54, 1.807) is 24.3 Å². The topological polar surface area (TPSA) is 48.5 Å². The monoisotopic (exact) mass is 221 g/mol. The highest BCUT2D eigenvalue weighted by atomic mass is 15.1. The number of aryl methyl sites for hydroxylation is 1. The molecule has 17 heavy (non-hydrogen) atoms. The number of rotatable bonds is 2. The molecule has 2 aromatic carbocycles. The number of nitriles is 1. The van der Waals surface area contributed by atoms with Crippen LogP contribution in [-0.4, -0.2) is 0 Å². The third-order valence-electron chi connectivity index (χ3n) is 2.31. The molecule has 0 aliphatic rings. The SMILES string of the molecule is Cc1ccc(/N=N/c2ccc(C#N)cc2)cc1. The average Bonchev–Trinajstić information content (AvgIpc) is 2.39. The first-order chi connectivity index (χ1) is 8.28. The van der Waals surface area contributed by atoms with E-state index >= 15 is 0 Å². The van der Waals surface area contributed by atoms with Crippen LogP contribution in [0.15, 0.2) is 58.8 Å². The first-order valence-corrected chi connectivity index (χ1v) is 5.26. The molecule has 0 radical (unpaired) electrons. The number of hydrogen-bond acceptors (Lipinski definition) is 3. The van der Waals surface area contributed by atoms with Crippen LogP contribution in [0.5, 0.6) is 0 Å². The molecule has 0 unspecified atom stereocenters. The Balaban J connectivity index is 2.14. The summed E-state index contributed by atoms with van der Waals surface area (Å²) in [5.41, 5.74) is 3.38. The third kappa shape index (κ3) is 2.99. The lowest BCUT2D eigenvalue weighted by molar-refractivity contribution is 1.23. The Labute approximate surface area is 100 Å². The van der Waals surface area contributed by atoms with E-state index in [0.29, 0.717) is 5.56 Å². The minimum atomic E-state index is 0.624. The van der Waals surface area contributed by atoms with Crippen LogP contribution in [0.3, 0.4) is 0 Å². The van der Waals surface area contributed by atoms with Crippen LogP contribution in [0.4, 0.5) is 11.4 Å². The number of nitrogens with zero attached hydrogens (tertiary/aromatic N) is 3. The molecule has 2 aromatic rings. The quantitative estimate of drug-likeness (QED) is 0.698. The Morgan fingerprint density at radius 3 is 1.76 bits per heavy atom. The Kier molecular flexibility index (Phi) is 3.27. The van der Waals surface area contributed by atoms with E-state index in [-0.39, 0.29) is 0 Å². The summed E-state index contributed by atoms with van der Waals surface area (Å²) in [6.45, 7) is 2.03. The van der Waals surface area contributed by atoms with Gasteiger partial charge in [0.25, 0.3) is 0 Å². The predicted octanol–water partition coefficient (Wildman–Crippen LogP) is 4.28. The van der Waals surface area contributed by atoms with E-state index in [9.17, 15) is 0 Å². The molecule has 0 aliphatic heterocycles. The van der Waals surface area contributed by atoms with Crippen LogP contribution in [-0.2, 0) is 0 Å². The standard InChI is InChI=1S/C14H11N3/c1-11-2-6-13(7-3-11)16-17-14-8-4-12(10-15)5-9-14/h2-9H,1H3/b17-16+. The summed E-state index contributed by atoms with van der Waals surface area (Å²) < 4.78 is 0. The molecule has 0 amide bonds. The normalized spacial score (nSPS) is 10.4. The molecule has 0 N–H and O–H groups in total. The second kappa shape index (κ2) is 5.04. The molecule has 2 rings (SSSR count). The van der Waals surface area contributed by atoms with E-state index in [1.807, 2.05) is 31.2 Å². The molecule has 0 aliphatic carbocycles. The van der Waals surface area contributed by atoms with Crippen molar-refractivity contribution in [2.75, 3.05) is 0 Å². The lowest BCUT2D eigenvalue weighted by Crippen LogP contribution is -1.71. The van der Waals surface area contributed by atoms with Crippen molar-refractivity contribution in [3.8, 4) is 6.07 Å². The van der Waals surface area contributed by atoms with Crippen molar-refractivity contribution in [1.82, 2.24) is 0 Å². The largest absolute Gasteiger partial charge is 0.192 e. The molecule has 0 bridgehead atoms. The Morgan fingerprint density at radius 2 is 1.29 bits per heavy atom. The minimum Gasteiger partial charge on any atom is -0.192 e. The van der Waals surface area contributed by atoms with Crippen molar-refractivity contribution in [3.63, 3.8) is 0 Å². The second-order valence-electron chi connectivity index (χ2n) is 3.69. The molecule has 3 heteroatoms. The van der Waals surface area contributed by atoms with Crippen molar-refractivity contribution < 1.29 is 0 Å². The summed E-state index contributed by atoms with van der Waals surface area (Å²) in [6, 6.07) is 16.9.